The standard InChI is InChI=1S/C10H19N3O2.ClH/c1-7-3-4-8(10(11)15)6-13(7)9(14)5-12-2;/h7-8,12H,3-6H2,1-2H3,(H2,11,15);1H. The quantitative estimate of drug-likeness (QED) is 0.724. The zero-order chi connectivity index (χ0) is 11.4. The van der Waals surface area contributed by atoms with Crippen LogP contribution in [0.25, 0.3) is 0 Å². The zero-order valence-corrected chi connectivity index (χ0v) is 10.5. The van der Waals surface area contributed by atoms with E-state index in [2.05, 4.69) is 5.32 Å². The van der Waals surface area contributed by atoms with E-state index < -0.39 is 0 Å². The van der Waals surface area contributed by atoms with Crippen molar-refractivity contribution in [3.63, 3.8) is 0 Å². The summed E-state index contributed by atoms with van der Waals surface area (Å²) in [6.07, 6.45) is 1.64. The van der Waals surface area contributed by atoms with Crippen molar-refractivity contribution in [1.29, 1.82) is 0 Å². The minimum Gasteiger partial charge on any atom is -0.369 e. The van der Waals surface area contributed by atoms with Gasteiger partial charge < -0.3 is 16.0 Å². The Bertz CT molecular complexity index is 260. The summed E-state index contributed by atoms with van der Waals surface area (Å²) in [5.41, 5.74) is 5.26. The van der Waals surface area contributed by atoms with Crippen molar-refractivity contribution in [2.75, 3.05) is 20.1 Å². The summed E-state index contributed by atoms with van der Waals surface area (Å²) in [7, 11) is 1.73. The second kappa shape index (κ2) is 6.70. The third-order valence-electron chi connectivity index (χ3n) is 2.93. The predicted octanol–water partition coefficient (Wildman–Crippen LogP) is -0.260. The first-order valence-electron chi connectivity index (χ1n) is 5.29. The molecule has 0 aromatic heterocycles. The minimum absolute atomic E-state index is 0. The molecule has 5 nitrogen and oxygen atoms in total. The third-order valence-corrected chi connectivity index (χ3v) is 2.93. The van der Waals surface area contributed by atoms with Crippen LogP contribution < -0.4 is 11.1 Å². The third kappa shape index (κ3) is 3.64. The van der Waals surface area contributed by atoms with Crippen LogP contribution in [-0.2, 0) is 9.59 Å². The molecule has 1 heterocycles. The van der Waals surface area contributed by atoms with Gasteiger partial charge in [0, 0.05) is 12.6 Å². The lowest BCUT2D eigenvalue weighted by atomic mass is 9.93. The number of rotatable bonds is 3. The van der Waals surface area contributed by atoms with E-state index in [0.717, 1.165) is 12.8 Å². The largest absolute Gasteiger partial charge is 0.369 e. The van der Waals surface area contributed by atoms with Crippen molar-refractivity contribution in [3.8, 4) is 0 Å². The highest BCUT2D eigenvalue weighted by Crippen LogP contribution is 2.21. The van der Waals surface area contributed by atoms with Crippen LogP contribution in [0, 0.1) is 5.92 Å². The molecule has 1 aliphatic rings. The van der Waals surface area contributed by atoms with Gasteiger partial charge in [-0.2, -0.15) is 0 Å². The van der Waals surface area contributed by atoms with E-state index in [1.807, 2.05) is 6.92 Å². The highest BCUT2D eigenvalue weighted by Gasteiger charge is 2.30. The molecule has 0 saturated carbocycles. The second-order valence-electron chi connectivity index (χ2n) is 4.10. The Balaban J connectivity index is 0.00000225. The summed E-state index contributed by atoms with van der Waals surface area (Å²) in [5, 5.41) is 2.82. The maximum absolute atomic E-state index is 11.7. The molecule has 0 spiro atoms. The number of carbonyl (C=O) groups is 2. The van der Waals surface area contributed by atoms with Crippen LogP contribution in [0.3, 0.4) is 0 Å². The number of piperidine rings is 1. The van der Waals surface area contributed by atoms with Gasteiger partial charge in [-0.3, -0.25) is 9.59 Å². The first-order valence-corrected chi connectivity index (χ1v) is 5.29. The normalized spacial score (nSPS) is 24.8. The van der Waals surface area contributed by atoms with Crippen LogP contribution in [0.1, 0.15) is 19.8 Å². The van der Waals surface area contributed by atoms with Gasteiger partial charge >= 0.3 is 0 Å². The van der Waals surface area contributed by atoms with Crippen molar-refractivity contribution in [3.05, 3.63) is 0 Å². The summed E-state index contributed by atoms with van der Waals surface area (Å²) in [4.78, 5) is 24.5. The monoisotopic (exact) mass is 249 g/mol. The number of likely N-dealkylation sites (N-methyl/N-ethyl adjacent to an activating group) is 1. The Morgan fingerprint density at radius 2 is 2.06 bits per heavy atom. The van der Waals surface area contributed by atoms with Crippen LogP contribution in [0.5, 0.6) is 0 Å². The number of nitrogens with zero attached hydrogens (tertiary/aromatic N) is 1. The number of nitrogens with one attached hydrogen (secondary N) is 1. The molecule has 0 aromatic carbocycles. The molecule has 1 fully saturated rings. The van der Waals surface area contributed by atoms with Crippen molar-refractivity contribution in [1.82, 2.24) is 10.2 Å². The number of amides is 2. The lowest BCUT2D eigenvalue weighted by Gasteiger charge is -2.36. The molecule has 3 N–H and O–H groups in total. The summed E-state index contributed by atoms with van der Waals surface area (Å²) < 4.78 is 0. The fourth-order valence-electron chi connectivity index (χ4n) is 1.94. The van der Waals surface area contributed by atoms with Gasteiger partial charge in [0.05, 0.1) is 12.5 Å². The molecule has 0 bridgehead atoms. The average Bonchev–Trinajstić information content (AvgIpc) is 2.18. The number of nitrogens with two attached hydrogens (primary N) is 1. The molecule has 1 saturated heterocycles. The first-order chi connectivity index (χ1) is 7.06. The van der Waals surface area contributed by atoms with E-state index in [4.69, 9.17) is 5.73 Å². The number of hydrogen-bond donors (Lipinski definition) is 2. The zero-order valence-electron chi connectivity index (χ0n) is 9.73. The smallest absolute Gasteiger partial charge is 0.236 e. The number of likely N-dealkylation sites (tertiary alicyclic amines) is 1. The molecule has 0 radical (unpaired) electrons. The van der Waals surface area contributed by atoms with E-state index in [9.17, 15) is 9.59 Å². The minimum atomic E-state index is -0.302. The van der Waals surface area contributed by atoms with Crippen LogP contribution in [-0.4, -0.2) is 42.9 Å². The molecule has 1 aliphatic heterocycles. The van der Waals surface area contributed by atoms with Crippen molar-refractivity contribution < 1.29 is 9.59 Å². The summed E-state index contributed by atoms with van der Waals surface area (Å²) in [6, 6.07) is 0.210. The first kappa shape index (κ1) is 15.2. The van der Waals surface area contributed by atoms with Crippen LogP contribution >= 0.6 is 12.4 Å². The fourth-order valence-corrected chi connectivity index (χ4v) is 1.94. The van der Waals surface area contributed by atoms with E-state index in [0.29, 0.717) is 13.1 Å². The molecular formula is C10H20ClN3O2. The lowest BCUT2D eigenvalue weighted by molar-refractivity contribution is -0.136. The SMILES string of the molecule is CNCC(=O)N1CC(C(N)=O)CCC1C.Cl. The van der Waals surface area contributed by atoms with Crippen molar-refractivity contribution >= 4 is 24.2 Å². The highest BCUT2D eigenvalue weighted by atomic mass is 35.5. The van der Waals surface area contributed by atoms with Crippen molar-refractivity contribution in [2.45, 2.75) is 25.8 Å². The molecule has 6 heteroatoms. The van der Waals surface area contributed by atoms with Crippen LogP contribution in [0.2, 0.25) is 0 Å². The molecular weight excluding hydrogens is 230 g/mol. The predicted molar refractivity (Wildman–Crippen MR) is 64.3 cm³/mol. The van der Waals surface area contributed by atoms with Gasteiger partial charge in [-0.1, -0.05) is 0 Å². The average molecular weight is 250 g/mol. The Hall–Kier alpha value is -0.810. The molecule has 2 atom stereocenters. The maximum Gasteiger partial charge on any atom is 0.236 e. The maximum atomic E-state index is 11.7. The van der Waals surface area contributed by atoms with Crippen LogP contribution in [0.4, 0.5) is 0 Å². The van der Waals surface area contributed by atoms with E-state index in [1.165, 1.54) is 0 Å². The Kier molecular flexibility index (Phi) is 6.36. The van der Waals surface area contributed by atoms with Crippen LogP contribution in [0.15, 0.2) is 0 Å². The number of hydrogen-bond acceptors (Lipinski definition) is 3. The Morgan fingerprint density at radius 1 is 1.44 bits per heavy atom. The van der Waals surface area contributed by atoms with Gasteiger partial charge in [-0.05, 0) is 26.8 Å². The molecule has 2 unspecified atom stereocenters. The van der Waals surface area contributed by atoms with Gasteiger partial charge in [0.2, 0.25) is 11.8 Å². The van der Waals surface area contributed by atoms with E-state index >= 15 is 0 Å². The summed E-state index contributed by atoms with van der Waals surface area (Å²) in [5.74, 6) is -0.442. The molecule has 0 aliphatic carbocycles. The topological polar surface area (TPSA) is 75.4 Å². The Labute approximate surface area is 102 Å². The van der Waals surface area contributed by atoms with E-state index in [1.54, 1.807) is 11.9 Å². The number of carbonyl (C=O) groups excluding carboxylic acids is 2. The summed E-state index contributed by atoms with van der Waals surface area (Å²) >= 11 is 0. The van der Waals surface area contributed by atoms with Gasteiger partial charge in [0.15, 0.2) is 0 Å². The molecule has 2 amide bonds. The second-order valence-corrected chi connectivity index (χ2v) is 4.10. The summed E-state index contributed by atoms with van der Waals surface area (Å²) in [6.45, 7) is 2.79. The molecule has 16 heavy (non-hydrogen) atoms. The molecule has 0 aromatic rings. The number of primary amides is 1. The van der Waals surface area contributed by atoms with Gasteiger partial charge in [0.25, 0.3) is 0 Å². The fraction of sp³-hybridized carbons (Fsp3) is 0.800. The van der Waals surface area contributed by atoms with Gasteiger partial charge in [-0.15, -0.1) is 12.4 Å². The molecule has 1 rings (SSSR count). The van der Waals surface area contributed by atoms with E-state index in [-0.39, 0.29) is 36.2 Å². The van der Waals surface area contributed by atoms with Gasteiger partial charge in [-0.25, -0.2) is 0 Å². The molecule has 94 valence electrons. The Morgan fingerprint density at radius 3 is 2.56 bits per heavy atom. The number of halogens is 1. The highest BCUT2D eigenvalue weighted by molar-refractivity contribution is 5.85. The van der Waals surface area contributed by atoms with Crippen molar-refractivity contribution in [2.24, 2.45) is 11.7 Å². The lowest BCUT2D eigenvalue weighted by Crippen LogP contribution is -2.50. The van der Waals surface area contributed by atoms with Gasteiger partial charge in [0.1, 0.15) is 0 Å².